The normalized spacial score (nSPS) is 12.7. The van der Waals surface area contributed by atoms with Gasteiger partial charge in [-0.2, -0.15) is 0 Å². The second-order valence-corrected chi connectivity index (χ2v) is 5.04. The first-order valence-corrected chi connectivity index (χ1v) is 6.45. The maximum Gasteiger partial charge on any atom is 0.119 e. The zero-order valence-electron chi connectivity index (χ0n) is 9.96. The van der Waals surface area contributed by atoms with E-state index in [2.05, 4.69) is 4.98 Å². The first kappa shape index (κ1) is 12.1. The van der Waals surface area contributed by atoms with E-state index in [1.807, 2.05) is 44.3 Å². The molecule has 0 saturated heterocycles. The molecule has 0 radical (unpaired) electrons. The summed E-state index contributed by atoms with van der Waals surface area (Å²) in [6.45, 7) is 4.02. The molecule has 0 aliphatic heterocycles. The first-order valence-electron chi connectivity index (χ1n) is 5.57. The molecule has 4 heteroatoms. The van der Waals surface area contributed by atoms with Gasteiger partial charge in [-0.3, -0.25) is 4.98 Å². The van der Waals surface area contributed by atoms with E-state index in [0.717, 1.165) is 16.2 Å². The summed E-state index contributed by atoms with van der Waals surface area (Å²) in [5, 5.41) is 0. The summed E-state index contributed by atoms with van der Waals surface area (Å²) in [6, 6.07) is 7.81. The third-order valence-electron chi connectivity index (χ3n) is 2.37. The molecule has 2 rings (SSSR count). The van der Waals surface area contributed by atoms with Crippen molar-refractivity contribution in [1.82, 2.24) is 4.98 Å². The van der Waals surface area contributed by atoms with Crippen LogP contribution in [-0.4, -0.2) is 11.1 Å². The summed E-state index contributed by atoms with van der Waals surface area (Å²) < 4.78 is 5.59. The molecule has 1 heterocycles. The quantitative estimate of drug-likeness (QED) is 0.905. The highest BCUT2D eigenvalue weighted by molar-refractivity contribution is 7.09. The van der Waals surface area contributed by atoms with Gasteiger partial charge in [0.2, 0.25) is 0 Å². The molecule has 1 atom stereocenters. The monoisotopic (exact) mass is 248 g/mol. The van der Waals surface area contributed by atoms with Crippen LogP contribution in [0.3, 0.4) is 0 Å². The molecule has 1 aromatic carbocycles. The fourth-order valence-electron chi connectivity index (χ4n) is 1.57. The average Bonchev–Trinajstić information content (AvgIpc) is 2.82. The summed E-state index contributed by atoms with van der Waals surface area (Å²) in [5.74, 6) is 0.875. The number of nitrogens with zero attached hydrogens (tertiary/aromatic N) is 1. The molecule has 0 aliphatic carbocycles. The molecule has 2 aromatic rings. The van der Waals surface area contributed by atoms with Gasteiger partial charge in [-0.15, -0.1) is 11.3 Å². The Labute approximate surface area is 105 Å². The van der Waals surface area contributed by atoms with Crippen LogP contribution in [0.5, 0.6) is 5.75 Å². The van der Waals surface area contributed by atoms with E-state index in [1.165, 1.54) is 0 Å². The van der Waals surface area contributed by atoms with Crippen LogP contribution in [0.4, 0.5) is 0 Å². The number of thiazole rings is 1. The lowest BCUT2D eigenvalue weighted by Gasteiger charge is -2.12. The summed E-state index contributed by atoms with van der Waals surface area (Å²) in [6.07, 6.45) is 2.00. The van der Waals surface area contributed by atoms with Crippen LogP contribution in [0.15, 0.2) is 36.0 Å². The molecule has 0 bridgehead atoms. The van der Waals surface area contributed by atoms with Crippen LogP contribution in [0.1, 0.15) is 30.3 Å². The van der Waals surface area contributed by atoms with E-state index >= 15 is 0 Å². The van der Waals surface area contributed by atoms with Gasteiger partial charge in [0.25, 0.3) is 0 Å². The van der Waals surface area contributed by atoms with Crippen molar-refractivity contribution in [2.45, 2.75) is 26.0 Å². The minimum Gasteiger partial charge on any atom is -0.491 e. The average molecular weight is 248 g/mol. The van der Waals surface area contributed by atoms with Gasteiger partial charge in [-0.05, 0) is 31.5 Å². The minimum absolute atomic E-state index is 0.101. The molecular formula is C13H16N2OS. The van der Waals surface area contributed by atoms with Gasteiger partial charge in [-0.25, -0.2) is 0 Å². The van der Waals surface area contributed by atoms with Gasteiger partial charge in [0, 0.05) is 11.1 Å². The van der Waals surface area contributed by atoms with Crippen molar-refractivity contribution in [3.05, 3.63) is 46.4 Å². The number of benzene rings is 1. The van der Waals surface area contributed by atoms with Crippen LogP contribution < -0.4 is 10.5 Å². The standard InChI is InChI=1S/C13H16N2OS/c1-9(2)16-11-5-3-10(4-6-11)13(14)12-7-15-8-17-12/h3-9,13H,14H2,1-2H3. The predicted octanol–water partition coefficient (Wildman–Crippen LogP) is 2.98. The third kappa shape index (κ3) is 3.05. The SMILES string of the molecule is CC(C)Oc1ccc(C(N)c2cncs2)cc1. The predicted molar refractivity (Wildman–Crippen MR) is 70.4 cm³/mol. The Bertz CT molecular complexity index is 451. The lowest BCUT2D eigenvalue weighted by molar-refractivity contribution is 0.242. The number of rotatable bonds is 4. The molecule has 0 amide bonds. The van der Waals surface area contributed by atoms with Crippen molar-refractivity contribution in [3.8, 4) is 5.75 Å². The molecule has 0 saturated carbocycles. The van der Waals surface area contributed by atoms with Crippen molar-refractivity contribution in [2.75, 3.05) is 0 Å². The van der Waals surface area contributed by atoms with Gasteiger partial charge in [0.05, 0.1) is 17.7 Å². The maximum atomic E-state index is 6.14. The minimum atomic E-state index is -0.101. The van der Waals surface area contributed by atoms with Gasteiger partial charge in [0.15, 0.2) is 0 Å². The fraction of sp³-hybridized carbons (Fsp3) is 0.308. The topological polar surface area (TPSA) is 48.1 Å². The molecule has 17 heavy (non-hydrogen) atoms. The molecule has 2 N–H and O–H groups in total. The summed E-state index contributed by atoms with van der Waals surface area (Å²) in [5.41, 5.74) is 9.01. The van der Waals surface area contributed by atoms with Gasteiger partial charge >= 0.3 is 0 Å². The number of hydrogen-bond donors (Lipinski definition) is 1. The Hall–Kier alpha value is -1.39. The number of hydrogen-bond acceptors (Lipinski definition) is 4. The Morgan fingerprint density at radius 3 is 2.47 bits per heavy atom. The van der Waals surface area contributed by atoms with E-state index in [9.17, 15) is 0 Å². The Balaban J connectivity index is 2.12. The van der Waals surface area contributed by atoms with Crippen molar-refractivity contribution in [3.63, 3.8) is 0 Å². The largest absolute Gasteiger partial charge is 0.491 e. The Morgan fingerprint density at radius 2 is 1.94 bits per heavy atom. The van der Waals surface area contributed by atoms with Crippen molar-refractivity contribution < 1.29 is 4.74 Å². The van der Waals surface area contributed by atoms with Crippen molar-refractivity contribution in [1.29, 1.82) is 0 Å². The van der Waals surface area contributed by atoms with E-state index in [-0.39, 0.29) is 12.1 Å². The highest BCUT2D eigenvalue weighted by atomic mass is 32.1. The Kier molecular flexibility index (Phi) is 3.76. The van der Waals surface area contributed by atoms with Crippen molar-refractivity contribution >= 4 is 11.3 Å². The van der Waals surface area contributed by atoms with Crippen LogP contribution in [-0.2, 0) is 0 Å². The molecule has 1 unspecified atom stereocenters. The number of aromatic nitrogens is 1. The van der Waals surface area contributed by atoms with E-state index < -0.39 is 0 Å². The van der Waals surface area contributed by atoms with E-state index in [1.54, 1.807) is 16.8 Å². The molecule has 0 spiro atoms. The maximum absolute atomic E-state index is 6.14. The second kappa shape index (κ2) is 5.29. The summed E-state index contributed by atoms with van der Waals surface area (Å²) in [7, 11) is 0. The van der Waals surface area contributed by atoms with Gasteiger partial charge in [-0.1, -0.05) is 12.1 Å². The van der Waals surface area contributed by atoms with Gasteiger partial charge < -0.3 is 10.5 Å². The Morgan fingerprint density at radius 1 is 1.24 bits per heavy atom. The van der Waals surface area contributed by atoms with Crippen LogP contribution in [0.25, 0.3) is 0 Å². The summed E-state index contributed by atoms with van der Waals surface area (Å²) >= 11 is 1.57. The lowest BCUT2D eigenvalue weighted by Crippen LogP contribution is -2.10. The van der Waals surface area contributed by atoms with Crippen molar-refractivity contribution in [2.24, 2.45) is 5.73 Å². The second-order valence-electron chi connectivity index (χ2n) is 4.12. The van der Waals surface area contributed by atoms with Gasteiger partial charge in [0.1, 0.15) is 5.75 Å². The van der Waals surface area contributed by atoms with Crippen LogP contribution in [0, 0.1) is 0 Å². The number of nitrogens with two attached hydrogens (primary N) is 1. The third-order valence-corrected chi connectivity index (χ3v) is 3.23. The number of ether oxygens (including phenoxy) is 1. The van der Waals surface area contributed by atoms with E-state index in [4.69, 9.17) is 10.5 Å². The summed E-state index contributed by atoms with van der Waals surface area (Å²) in [4.78, 5) is 5.11. The smallest absolute Gasteiger partial charge is 0.119 e. The fourth-order valence-corrected chi connectivity index (χ4v) is 2.22. The van der Waals surface area contributed by atoms with Crippen LogP contribution in [0.2, 0.25) is 0 Å². The molecule has 3 nitrogen and oxygen atoms in total. The first-order chi connectivity index (χ1) is 8.16. The highest BCUT2D eigenvalue weighted by Gasteiger charge is 2.10. The highest BCUT2D eigenvalue weighted by Crippen LogP contribution is 2.24. The zero-order chi connectivity index (χ0) is 12.3. The molecule has 1 aromatic heterocycles. The molecule has 0 fully saturated rings. The lowest BCUT2D eigenvalue weighted by atomic mass is 10.1. The molecule has 90 valence electrons. The molecule has 0 aliphatic rings. The molecular weight excluding hydrogens is 232 g/mol. The van der Waals surface area contributed by atoms with E-state index in [0.29, 0.717) is 0 Å². The zero-order valence-corrected chi connectivity index (χ0v) is 10.8. The van der Waals surface area contributed by atoms with Crippen LogP contribution >= 0.6 is 11.3 Å².